The van der Waals surface area contributed by atoms with E-state index in [4.69, 9.17) is 32.7 Å². The molecule has 6 nitrogen and oxygen atoms in total. The van der Waals surface area contributed by atoms with Crippen LogP contribution >= 0.6 is 23.2 Å². The lowest BCUT2D eigenvalue weighted by Crippen LogP contribution is -2.24. The number of para-hydroxylation sites is 1. The predicted molar refractivity (Wildman–Crippen MR) is 92.4 cm³/mol. The minimum atomic E-state index is -0.486. The zero-order chi connectivity index (χ0) is 17.5. The number of halogens is 2. The van der Waals surface area contributed by atoms with E-state index in [2.05, 4.69) is 10.5 Å². The first-order chi connectivity index (χ1) is 11.5. The van der Waals surface area contributed by atoms with E-state index in [1.54, 1.807) is 30.3 Å². The molecule has 2 aromatic rings. The number of hydrazone groups is 1. The first kappa shape index (κ1) is 17.9. The number of phenolic OH excluding ortho intramolecular Hbond substituents is 1. The number of nitrogens with zero attached hydrogens (tertiary/aromatic N) is 1. The Morgan fingerprint density at radius 3 is 2.79 bits per heavy atom. The maximum Gasteiger partial charge on any atom is 0.277 e. The second-order valence-electron chi connectivity index (χ2n) is 4.55. The Morgan fingerprint density at radius 2 is 2.08 bits per heavy atom. The Morgan fingerprint density at radius 1 is 1.29 bits per heavy atom. The molecule has 0 aromatic heterocycles. The average molecular weight is 369 g/mol. The largest absolute Gasteiger partial charge is 0.504 e. The van der Waals surface area contributed by atoms with E-state index in [1.165, 1.54) is 19.4 Å². The van der Waals surface area contributed by atoms with E-state index in [9.17, 15) is 9.90 Å². The molecule has 2 N–H and O–H groups in total. The van der Waals surface area contributed by atoms with Gasteiger partial charge < -0.3 is 14.6 Å². The van der Waals surface area contributed by atoms with Crippen molar-refractivity contribution in [2.45, 2.75) is 0 Å². The van der Waals surface area contributed by atoms with Crippen LogP contribution in [0, 0.1) is 0 Å². The van der Waals surface area contributed by atoms with Gasteiger partial charge in [-0.2, -0.15) is 5.10 Å². The van der Waals surface area contributed by atoms with Gasteiger partial charge in [-0.15, -0.1) is 0 Å². The summed E-state index contributed by atoms with van der Waals surface area (Å²) >= 11 is 11.7. The summed E-state index contributed by atoms with van der Waals surface area (Å²) in [7, 11) is 1.44. The average Bonchev–Trinajstić information content (AvgIpc) is 2.55. The predicted octanol–water partition coefficient (Wildman–Crippen LogP) is 3.24. The molecule has 2 rings (SSSR count). The van der Waals surface area contributed by atoms with Gasteiger partial charge in [-0.3, -0.25) is 4.79 Å². The zero-order valence-corrected chi connectivity index (χ0v) is 14.1. The van der Waals surface area contributed by atoms with E-state index < -0.39 is 5.91 Å². The molecule has 0 bridgehead atoms. The molecule has 126 valence electrons. The highest BCUT2D eigenvalue weighted by Crippen LogP contribution is 2.28. The highest BCUT2D eigenvalue weighted by molar-refractivity contribution is 6.35. The van der Waals surface area contributed by atoms with Gasteiger partial charge in [-0.1, -0.05) is 29.3 Å². The second kappa shape index (κ2) is 8.42. The minimum absolute atomic E-state index is 0.0674. The summed E-state index contributed by atoms with van der Waals surface area (Å²) in [5.41, 5.74) is 2.68. The van der Waals surface area contributed by atoms with Crippen LogP contribution in [0.1, 0.15) is 5.56 Å². The molecular weight excluding hydrogens is 355 g/mol. The molecular formula is C16H14Cl2N2O4. The summed E-state index contributed by atoms with van der Waals surface area (Å²) in [5, 5.41) is 14.4. The monoisotopic (exact) mass is 368 g/mol. The number of hydrogen-bond donors (Lipinski definition) is 2. The number of amides is 1. The number of rotatable bonds is 6. The molecule has 0 unspecified atom stereocenters. The minimum Gasteiger partial charge on any atom is -0.504 e. The summed E-state index contributed by atoms with van der Waals surface area (Å²) in [5.74, 6) is 0.0958. The number of phenols is 1. The molecule has 0 spiro atoms. The van der Waals surface area contributed by atoms with Crippen molar-refractivity contribution in [1.29, 1.82) is 0 Å². The SMILES string of the molecule is COc1cccc(/C=N/NC(=O)COc2ccc(Cl)cc2Cl)c1O. The van der Waals surface area contributed by atoms with Crippen molar-refractivity contribution in [3.8, 4) is 17.2 Å². The molecule has 0 radical (unpaired) electrons. The summed E-state index contributed by atoms with van der Waals surface area (Å²) in [6, 6.07) is 9.60. The van der Waals surface area contributed by atoms with Gasteiger partial charge in [0.2, 0.25) is 0 Å². The Bertz CT molecular complexity index is 766. The molecule has 8 heteroatoms. The van der Waals surface area contributed by atoms with Crippen molar-refractivity contribution < 1.29 is 19.4 Å². The summed E-state index contributed by atoms with van der Waals surface area (Å²) in [6.45, 7) is -0.275. The molecule has 0 saturated carbocycles. The van der Waals surface area contributed by atoms with E-state index in [0.29, 0.717) is 27.1 Å². The van der Waals surface area contributed by atoms with Gasteiger partial charge in [-0.05, 0) is 30.3 Å². The summed E-state index contributed by atoms with van der Waals surface area (Å²) in [6.07, 6.45) is 1.30. The van der Waals surface area contributed by atoms with E-state index in [0.717, 1.165) is 0 Å². The number of ether oxygens (including phenoxy) is 2. The van der Waals surface area contributed by atoms with Crippen LogP contribution in [0.4, 0.5) is 0 Å². The molecule has 0 aliphatic heterocycles. The van der Waals surface area contributed by atoms with Crippen LogP contribution in [0.25, 0.3) is 0 Å². The highest BCUT2D eigenvalue weighted by atomic mass is 35.5. The Kier molecular flexibility index (Phi) is 6.28. The molecule has 0 aliphatic rings. The van der Waals surface area contributed by atoms with Crippen molar-refractivity contribution >= 4 is 35.3 Å². The lowest BCUT2D eigenvalue weighted by molar-refractivity contribution is -0.123. The molecule has 0 saturated heterocycles. The number of hydrogen-bond acceptors (Lipinski definition) is 5. The normalized spacial score (nSPS) is 10.6. The van der Waals surface area contributed by atoms with Crippen molar-refractivity contribution in [1.82, 2.24) is 5.43 Å². The maximum absolute atomic E-state index is 11.7. The third-order valence-electron chi connectivity index (χ3n) is 2.90. The Balaban J connectivity index is 1.89. The van der Waals surface area contributed by atoms with Crippen molar-refractivity contribution in [3.05, 3.63) is 52.0 Å². The number of benzene rings is 2. The number of methoxy groups -OCH3 is 1. The van der Waals surface area contributed by atoms with E-state index >= 15 is 0 Å². The fraction of sp³-hybridized carbons (Fsp3) is 0.125. The van der Waals surface area contributed by atoms with Gasteiger partial charge in [0.15, 0.2) is 18.1 Å². The van der Waals surface area contributed by atoms with E-state index in [-0.39, 0.29) is 12.4 Å². The van der Waals surface area contributed by atoms with Crippen molar-refractivity contribution in [2.75, 3.05) is 13.7 Å². The van der Waals surface area contributed by atoms with E-state index in [1.807, 2.05) is 0 Å². The van der Waals surface area contributed by atoms with Crippen molar-refractivity contribution in [2.24, 2.45) is 5.10 Å². The van der Waals surface area contributed by atoms with Crippen LogP contribution in [0.3, 0.4) is 0 Å². The number of nitrogens with one attached hydrogen (secondary N) is 1. The van der Waals surface area contributed by atoms with Gasteiger partial charge >= 0.3 is 0 Å². The second-order valence-corrected chi connectivity index (χ2v) is 5.40. The smallest absolute Gasteiger partial charge is 0.277 e. The summed E-state index contributed by atoms with van der Waals surface area (Å²) in [4.78, 5) is 11.7. The molecule has 0 aliphatic carbocycles. The van der Waals surface area contributed by atoms with Crippen LogP contribution in [0.2, 0.25) is 10.0 Å². The number of carbonyl (C=O) groups is 1. The van der Waals surface area contributed by atoms with Gasteiger partial charge in [0.1, 0.15) is 5.75 Å². The molecule has 1 amide bonds. The topological polar surface area (TPSA) is 80.2 Å². The standard InChI is InChI=1S/C16H14Cl2N2O4/c1-23-14-4-2-3-10(16(14)22)8-19-20-15(21)9-24-13-6-5-11(17)7-12(13)18/h2-8,22H,9H2,1H3,(H,20,21)/b19-8+. The lowest BCUT2D eigenvalue weighted by atomic mass is 10.2. The number of carbonyl (C=O) groups excluding carboxylic acids is 1. The summed E-state index contributed by atoms with van der Waals surface area (Å²) < 4.78 is 10.2. The van der Waals surface area contributed by atoms with Gasteiger partial charge in [0.05, 0.1) is 18.3 Å². The van der Waals surface area contributed by atoms with Crippen LogP contribution in [0.15, 0.2) is 41.5 Å². The Labute approximate surface area is 148 Å². The molecule has 0 atom stereocenters. The zero-order valence-electron chi connectivity index (χ0n) is 12.6. The molecule has 24 heavy (non-hydrogen) atoms. The van der Waals surface area contributed by atoms with Crippen LogP contribution in [0.5, 0.6) is 17.2 Å². The third-order valence-corrected chi connectivity index (χ3v) is 3.43. The Hall–Kier alpha value is -2.44. The number of aromatic hydroxyl groups is 1. The highest BCUT2D eigenvalue weighted by Gasteiger charge is 2.07. The van der Waals surface area contributed by atoms with Gasteiger partial charge in [0.25, 0.3) is 5.91 Å². The molecule has 0 fully saturated rings. The van der Waals surface area contributed by atoms with Gasteiger partial charge in [0, 0.05) is 10.6 Å². The first-order valence-electron chi connectivity index (χ1n) is 6.77. The molecule has 2 aromatic carbocycles. The van der Waals surface area contributed by atoms with Crippen LogP contribution in [-0.2, 0) is 4.79 Å². The first-order valence-corrected chi connectivity index (χ1v) is 7.52. The van der Waals surface area contributed by atoms with Crippen LogP contribution in [-0.4, -0.2) is 30.9 Å². The lowest BCUT2D eigenvalue weighted by Gasteiger charge is -2.07. The fourth-order valence-electron chi connectivity index (χ4n) is 1.75. The van der Waals surface area contributed by atoms with Crippen molar-refractivity contribution in [3.63, 3.8) is 0 Å². The third kappa shape index (κ3) is 4.78. The maximum atomic E-state index is 11.7. The van der Waals surface area contributed by atoms with Crippen LogP contribution < -0.4 is 14.9 Å². The molecule has 0 heterocycles. The quantitative estimate of drug-likeness (QED) is 0.605. The van der Waals surface area contributed by atoms with Gasteiger partial charge in [-0.25, -0.2) is 5.43 Å². The fourth-order valence-corrected chi connectivity index (χ4v) is 2.21.